The van der Waals surface area contributed by atoms with E-state index in [4.69, 9.17) is 35.9 Å². The maximum atomic E-state index is 13.8. The van der Waals surface area contributed by atoms with Gasteiger partial charge in [-0.25, -0.2) is 9.55 Å². The Labute approximate surface area is 234 Å². The van der Waals surface area contributed by atoms with Gasteiger partial charge in [-0.3, -0.25) is 13.9 Å². The number of fused-ring (bicyclic) bond motifs is 1. The van der Waals surface area contributed by atoms with Crippen molar-refractivity contribution in [1.29, 1.82) is 0 Å². The van der Waals surface area contributed by atoms with Gasteiger partial charge in [-0.2, -0.15) is 15.1 Å². The van der Waals surface area contributed by atoms with Gasteiger partial charge in [-0.05, 0) is 26.0 Å². The molecule has 40 heavy (non-hydrogen) atoms. The lowest BCUT2D eigenvalue weighted by Gasteiger charge is -2.28. The van der Waals surface area contributed by atoms with Gasteiger partial charge in [-0.15, -0.1) is 11.6 Å². The number of anilines is 2. The summed E-state index contributed by atoms with van der Waals surface area (Å²) in [6.45, 7) is 1.97. The number of rotatable bonds is 12. The van der Waals surface area contributed by atoms with Crippen LogP contribution in [0.1, 0.15) is 20.1 Å². The predicted octanol–water partition coefficient (Wildman–Crippen LogP) is 1.42. The van der Waals surface area contributed by atoms with E-state index in [0.717, 1.165) is 0 Å². The van der Waals surface area contributed by atoms with Crippen molar-refractivity contribution in [3.8, 4) is 5.75 Å². The molecule has 0 radical (unpaired) electrons. The number of halogens is 1. The number of ether oxygens (including phenoxy) is 2. The number of nitrogens with zero attached hydrogens (tertiary/aromatic N) is 4. The van der Waals surface area contributed by atoms with Gasteiger partial charge in [0.05, 0.1) is 26.1 Å². The van der Waals surface area contributed by atoms with E-state index in [2.05, 4.69) is 25.4 Å². The lowest BCUT2D eigenvalue weighted by atomic mass is 9.99. The molecule has 1 saturated heterocycles. The van der Waals surface area contributed by atoms with Crippen LogP contribution in [0.3, 0.4) is 0 Å². The Morgan fingerprint density at radius 3 is 2.73 bits per heavy atom. The molecule has 1 aromatic carbocycles. The van der Waals surface area contributed by atoms with Crippen molar-refractivity contribution >= 4 is 48.2 Å². The van der Waals surface area contributed by atoms with Crippen LogP contribution in [0, 0.1) is 0 Å². The molecule has 0 amide bonds. The Kier molecular flexibility index (Phi) is 9.15. The molecule has 1 fully saturated rings. The van der Waals surface area contributed by atoms with Crippen molar-refractivity contribution in [2.45, 2.75) is 43.2 Å². The number of alkyl halides is 1. The molecule has 2 aromatic heterocycles. The van der Waals surface area contributed by atoms with Crippen molar-refractivity contribution in [2.24, 2.45) is 0 Å². The molecule has 0 spiro atoms. The molecule has 6 N–H and O–H groups in total. The summed E-state index contributed by atoms with van der Waals surface area (Å²) in [6.07, 6.45) is -2.56. The maximum Gasteiger partial charge on any atom is 0.459 e. The molecule has 3 heterocycles. The number of hydrogen-bond donors (Lipinski definition) is 5. The minimum Gasteiger partial charge on any atom is -0.465 e. The third-order valence-corrected chi connectivity index (χ3v) is 8.27. The number of carbonyl (C=O) groups is 1. The Bertz CT molecular complexity index is 1380. The molecular weight excluding hydrogens is 569 g/mol. The first kappa shape index (κ1) is 29.9. The van der Waals surface area contributed by atoms with Crippen molar-refractivity contribution < 1.29 is 38.1 Å². The zero-order valence-corrected chi connectivity index (χ0v) is 23.6. The molecule has 4 rings (SSSR count). The SMILES string of the molecule is CCOC(=O)[C@H](C)NP(=O)(OC[C@H]1O[C@@H](n2cnc3c(NC)nc(N)nc32)[C@@](Cl)(CO)[C@@H]1O)Oc1ccccc1. The zero-order chi connectivity index (χ0) is 29.1. The third-order valence-electron chi connectivity index (χ3n) is 6.10. The number of aromatic nitrogens is 4. The van der Waals surface area contributed by atoms with Crippen LogP contribution in [0.25, 0.3) is 11.2 Å². The van der Waals surface area contributed by atoms with Gasteiger partial charge in [0.25, 0.3) is 0 Å². The number of benzene rings is 1. The highest BCUT2D eigenvalue weighted by molar-refractivity contribution is 7.52. The number of nitrogens with one attached hydrogen (secondary N) is 2. The molecule has 6 atom stereocenters. The molecular formula is C23H31ClN7O8P. The summed E-state index contributed by atoms with van der Waals surface area (Å²) in [5, 5.41) is 26.7. The van der Waals surface area contributed by atoms with E-state index < -0.39 is 56.3 Å². The first-order chi connectivity index (χ1) is 19.0. The van der Waals surface area contributed by atoms with Crippen molar-refractivity contribution in [2.75, 3.05) is 37.9 Å². The molecule has 218 valence electrons. The molecule has 15 nitrogen and oxygen atoms in total. The second kappa shape index (κ2) is 12.2. The summed E-state index contributed by atoms with van der Waals surface area (Å²) in [4.78, 5) is 23.0. The first-order valence-corrected chi connectivity index (χ1v) is 14.2. The average Bonchev–Trinajstić information content (AvgIpc) is 3.46. The van der Waals surface area contributed by atoms with E-state index in [0.29, 0.717) is 11.3 Å². The highest BCUT2D eigenvalue weighted by Gasteiger charge is 2.57. The summed E-state index contributed by atoms with van der Waals surface area (Å²) in [7, 11) is -2.62. The van der Waals surface area contributed by atoms with E-state index in [1.165, 1.54) is 17.8 Å². The number of aliphatic hydroxyl groups excluding tert-OH is 2. The fourth-order valence-electron chi connectivity index (χ4n) is 4.13. The van der Waals surface area contributed by atoms with Gasteiger partial charge >= 0.3 is 13.7 Å². The lowest BCUT2D eigenvalue weighted by molar-refractivity contribution is -0.144. The molecule has 3 aromatic rings. The van der Waals surface area contributed by atoms with Crippen LogP contribution in [0.2, 0.25) is 0 Å². The number of imidazole rings is 1. The fraction of sp³-hybridized carbons (Fsp3) is 0.478. The number of nitrogens with two attached hydrogens (primary N) is 1. The second-order valence-corrected chi connectivity index (χ2v) is 11.3. The zero-order valence-electron chi connectivity index (χ0n) is 21.9. The Hall–Kier alpha value is -3.04. The van der Waals surface area contributed by atoms with Crippen molar-refractivity contribution in [3.05, 3.63) is 36.7 Å². The number of carbonyl (C=O) groups excluding carboxylic acids is 1. The van der Waals surface area contributed by atoms with Crippen LogP contribution >= 0.6 is 19.3 Å². The summed E-state index contributed by atoms with van der Waals surface area (Å²) in [6, 6.07) is 7.11. The molecule has 1 aliphatic rings. The number of hydrogen-bond acceptors (Lipinski definition) is 13. The Balaban J connectivity index is 1.59. The molecule has 1 unspecified atom stereocenters. The smallest absolute Gasteiger partial charge is 0.459 e. The van der Waals surface area contributed by atoms with Gasteiger partial charge in [0, 0.05) is 7.05 Å². The average molecular weight is 600 g/mol. The van der Waals surface area contributed by atoms with Gasteiger partial charge < -0.3 is 35.3 Å². The van der Waals surface area contributed by atoms with Gasteiger partial charge in [0.15, 0.2) is 23.2 Å². The highest BCUT2D eigenvalue weighted by Crippen LogP contribution is 2.48. The Morgan fingerprint density at radius 1 is 1.35 bits per heavy atom. The second-order valence-electron chi connectivity index (χ2n) is 8.86. The van der Waals surface area contributed by atoms with E-state index in [9.17, 15) is 19.6 Å². The van der Waals surface area contributed by atoms with Crippen LogP contribution in [0.15, 0.2) is 36.7 Å². The third kappa shape index (κ3) is 6.00. The standard InChI is InChI=1S/C23H31ClN7O8P/c1-4-36-20(34)13(2)30-40(35,39-14-8-6-5-7-9-14)37-10-15-17(33)23(24,11-32)21(38-15)31-12-27-16-18(26-3)28-22(25)29-19(16)31/h5-9,12-13,15,17,21,32-33H,4,10-11H2,1-3H3,(H,30,35)(H3,25,26,28,29)/t13-,15+,17+,21+,23+,40?/m0/s1. The highest BCUT2D eigenvalue weighted by atomic mass is 35.5. The number of para-hydroxylation sites is 1. The van der Waals surface area contributed by atoms with Crippen LogP contribution < -0.4 is 20.7 Å². The summed E-state index contributed by atoms with van der Waals surface area (Å²) >= 11 is 6.72. The van der Waals surface area contributed by atoms with Crippen LogP contribution in [0.4, 0.5) is 11.8 Å². The van der Waals surface area contributed by atoms with Gasteiger partial charge in [-0.1, -0.05) is 18.2 Å². The van der Waals surface area contributed by atoms with Crippen LogP contribution in [-0.2, 0) is 23.4 Å². The van der Waals surface area contributed by atoms with E-state index in [1.54, 1.807) is 44.3 Å². The monoisotopic (exact) mass is 599 g/mol. The minimum absolute atomic E-state index is 0.0537. The summed E-state index contributed by atoms with van der Waals surface area (Å²) in [5.41, 5.74) is 6.42. The van der Waals surface area contributed by atoms with Crippen LogP contribution in [0.5, 0.6) is 5.75 Å². The molecule has 0 bridgehead atoms. The van der Waals surface area contributed by atoms with E-state index in [1.807, 2.05) is 0 Å². The molecule has 1 aliphatic heterocycles. The number of esters is 1. The number of nitrogen functional groups attached to an aromatic ring is 1. The first-order valence-electron chi connectivity index (χ1n) is 12.3. The van der Waals surface area contributed by atoms with Gasteiger partial charge in [0.1, 0.15) is 28.9 Å². The van der Waals surface area contributed by atoms with Gasteiger partial charge in [0.2, 0.25) is 5.95 Å². The quantitative estimate of drug-likeness (QED) is 0.113. The van der Waals surface area contributed by atoms with Crippen LogP contribution in [-0.4, -0.2) is 85.7 Å². The Morgan fingerprint density at radius 2 is 2.08 bits per heavy atom. The normalized spacial score (nSPS) is 24.9. The van der Waals surface area contributed by atoms with E-state index >= 15 is 0 Å². The molecule has 0 saturated carbocycles. The van der Waals surface area contributed by atoms with Crippen molar-refractivity contribution in [1.82, 2.24) is 24.6 Å². The summed E-state index contributed by atoms with van der Waals surface area (Å²) < 4.78 is 37.4. The largest absolute Gasteiger partial charge is 0.465 e. The molecule has 17 heteroatoms. The van der Waals surface area contributed by atoms with Crippen molar-refractivity contribution in [3.63, 3.8) is 0 Å². The van der Waals surface area contributed by atoms with E-state index in [-0.39, 0.29) is 24.0 Å². The predicted molar refractivity (Wildman–Crippen MR) is 145 cm³/mol. The number of aliphatic hydroxyl groups is 2. The lowest BCUT2D eigenvalue weighted by Crippen LogP contribution is -2.45. The topological polar surface area (TPSA) is 205 Å². The minimum atomic E-state index is -4.25. The summed E-state index contributed by atoms with van der Waals surface area (Å²) in [5.74, 6) is -0.175. The fourth-order valence-corrected chi connectivity index (χ4v) is 5.92. The molecule has 0 aliphatic carbocycles. The maximum absolute atomic E-state index is 13.8.